The van der Waals surface area contributed by atoms with E-state index >= 15 is 0 Å². The van der Waals surface area contributed by atoms with Crippen molar-refractivity contribution in [2.75, 3.05) is 12.5 Å². The zero-order valence-electron chi connectivity index (χ0n) is 9.65. The molecular weight excluding hydrogens is 222 g/mol. The zero-order chi connectivity index (χ0) is 12.8. The average molecular weight is 237 g/mol. The Hall–Kier alpha value is -2.15. The molecule has 1 aromatic heterocycles. The van der Waals surface area contributed by atoms with Crippen LogP contribution in [0.4, 0.5) is 5.69 Å². The summed E-state index contributed by atoms with van der Waals surface area (Å²) < 4.78 is 0. The minimum absolute atomic E-state index is 0.191. The highest BCUT2D eigenvalue weighted by Crippen LogP contribution is 2.05. The molecule has 0 spiro atoms. The Morgan fingerprint density at radius 3 is 2.76 bits per heavy atom. The minimum Gasteiger partial charge on any atom is -0.357 e. The molecule has 1 aromatic rings. The van der Waals surface area contributed by atoms with Crippen molar-refractivity contribution >= 4 is 17.5 Å². The van der Waals surface area contributed by atoms with Crippen molar-refractivity contribution in [1.82, 2.24) is 15.6 Å². The Morgan fingerprint density at radius 2 is 2.18 bits per heavy atom. The molecule has 1 atom stereocenters. The molecule has 5 N–H and O–H groups in total. The normalized spacial score (nSPS) is 11.5. The highest BCUT2D eigenvalue weighted by Gasteiger charge is 2.16. The topological polar surface area (TPSA) is 109 Å². The van der Waals surface area contributed by atoms with Gasteiger partial charge in [0, 0.05) is 13.2 Å². The van der Waals surface area contributed by atoms with Gasteiger partial charge < -0.3 is 16.1 Å². The van der Waals surface area contributed by atoms with Crippen LogP contribution in [-0.2, 0) is 4.79 Å². The van der Waals surface area contributed by atoms with E-state index in [1.54, 1.807) is 13.0 Å². The van der Waals surface area contributed by atoms with E-state index in [0.29, 0.717) is 5.69 Å². The van der Waals surface area contributed by atoms with E-state index in [1.165, 1.54) is 19.3 Å². The molecule has 0 aromatic carbocycles. The maximum Gasteiger partial charge on any atom is 0.270 e. The maximum absolute atomic E-state index is 11.7. The third kappa shape index (κ3) is 3.42. The van der Waals surface area contributed by atoms with E-state index in [-0.39, 0.29) is 11.6 Å². The molecule has 7 heteroatoms. The van der Waals surface area contributed by atoms with Crippen molar-refractivity contribution in [1.29, 1.82) is 0 Å². The molecule has 17 heavy (non-hydrogen) atoms. The van der Waals surface area contributed by atoms with Crippen LogP contribution >= 0.6 is 0 Å². The van der Waals surface area contributed by atoms with Crippen LogP contribution in [-0.4, -0.2) is 29.9 Å². The summed E-state index contributed by atoms with van der Waals surface area (Å²) in [7, 11) is 1.50. The fourth-order valence-electron chi connectivity index (χ4n) is 1.20. The van der Waals surface area contributed by atoms with Crippen LogP contribution < -0.4 is 21.9 Å². The first-order chi connectivity index (χ1) is 8.08. The number of hydrazine groups is 1. The van der Waals surface area contributed by atoms with E-state index < -0.39 is 11.9 Å². The van der Waals surface area contributed by atoms with Gasteiger partial charge in [-0.25, -0.2) is 0 Å². The lowest BCUT2D eigenvalue weighted by atomic mass is 10.2. The third-order valence-corrected chi connectivity index (χ3v) is 2.15. The summed E-state index contributed by atoms with van der Waals surface area (Å²) in [5.41, 5.74) is 3.17. The zero-order valence-corrected chi connectivity index (χ0v) is 9.65. The van der Waals surface area contributed by atoms with Crippen LogP contribution in [0, 0.1) is 0 Å². The number of nitrogens with two attached hydrogens (primary N) is 1. The van der Waals surface area contributed by atoms with Crippen molar-refractivity contribution in [3.05, 3.63) is 24.0 Å². The maximum atomic E-state index is 11.7. The van der Waals surface area contributed by atoms with Gasteiger partial charge in [-0.05, 0) is 19.1 Å². The lowest BCUT2D eigenvalue weighted by Gasteiger charge is -2.12. The summed E-state index contributed by atoms with van der Waals surface area (Å²) in [6.07, 6.45) is 1.45. The van der Waals surface area contributed by atoms with Gasteiger partial charge in [0.1, 0.15) is 11.7 Å². The number of carbonyl (C=O) groups excluding carboxylic acids is 2. The molecule has 0 aliphatic heterocycles. The van der Waals surface area contributed by atoms with Gasteiger partial charge in [-0.3, -0.25) is 20.4 Å². The number of carbonyl (C=O) groups is 2. The fourth-order valence-corrected chi connectivity index (χ4v) is 1.20. The van der Waals surface area contributed by atoms with E-state index in [0.717, 1.165) is 0 Å². The van der Waals surface area contributed by atoms with Crippen molar-refractivity contribution in [2.24, 2.45) is 5.84 Å². The number of nitrogen functional groups attached to an aromatic ring is 1. The summed E-state index contributed by atoms with van der Waals surface area (Å²) in [5.74, 6) is 4.51. The van der Waals surface area contributed by atoms with Crippen LogP contribution in [0.2, 0.25) is 0 Å². The smallest absolute Gasteiger partial charge is 0.270 e. The second-order valence-corrected chi connectivity index (χ2v) is 3.38. The lowest BCUT2D eigenvalue weighted by molar-refractivity contribution is -0.122. The molecular formula is C10H15N5O2. The number of hydrogen-bond donors (Lipinski definition) is 4. The first-order valence-corrected chi connectivity index (χ1v) is 5.03. The molecule has 1 rings (SSSR count). The highest BCUT2D eigenvalue weighted by atomic mass is 16.2. The SMILES string of the molecule is CNC(=O)C(C)NC(=O)c1cc(NN)ccn1. The number of anilines is 1. The van der Waals surface area contributed by atoms with Crippen LogP contribution in [0.3, 0.4) is 0 Å². The van der Waals surface area contributed by atoms with Crippen molar-refractivity contribution < 1.29 is 9.59 Å². The molecule has 0 aliphatic rings. The average Bonchev–Trinajstić information content (AvgIpc) is 2.37. The molecule has 92 valence electrons. The van der Waals surface area contributed by atoms with Gasteiger partial charge in [0.2, 0.25) is 5.91 Å². The predicted octanol–water partition coefficient (Wildman–Crippen LogP) is -0.768. The molecule has 0 saturated heterocycles. The number of nitrogens with one attached hydrogen (secondary N) is 3. The molecule has 1 heterocycles. The summed E-state index contributed by atoms with van der Waals surface area (Å²) in [5, 5.41) is 4.95. The van der Waals surface area contributed by atoms with Crippen molar-refractivity contribution in [2.45, 2.75) is 13.0 Å². The monoisotopic (exact) mass is 237 g/mol. The number of amides is 2. The molecule has 2 amide bonds. The van der Waals surface area contributed by atoms with Crippen LogP contribution in [0.15, 0.2) is 18.3 Å². The summed E-state index contributed by atoms with van der Waals surface area (Å²) in [6.45, 7) is 1.59. The van der Waals surface area contributed by atoms with Crippen LogP contribution in [0.5, 0.6) is 0 Å². The molecule has 1 unspecified atom stereocenters. The standard InChI is InChI=1S/C10H15N5O2/c1-6(9(16)12-2)14-10(17)8-5-7(15-11)3-4-13-8/h3-6H,11H2,1-2H3,(H,12,16)(H,13,15)(H,14,17). The van der Waals surface area contributed by atoms with Gasteiger partial charge in [-0.2, -0.15) is 0 Å². The Bertz CT molecular complexity index is 421. The van der Waals surface area contributed by atoms with E-state index in [2.05, 4.69) is 21.0 Å². The van der Waals surface area contributed by atoms with Crippen LogP contribution in [0.1, 0.15) is 17.4 Å². The molecule has 0 fully saturated rings. The summed E-state index contributed by atoms with van der Waals surface area (Å²) in [6, 6.07) is 2.49. The first kappa shape index (κ1) is 12.9. The van der Waals surface area contributed by atoms with Gasteiger partial charge >= 0.3 is 0 Å². The molecule has 7 nitrogen and oxygen atoms in total. The van der Waals surface area contributed by atoms with Gasteiger partial charge in [0.25, 0.3) is 5.91 Å². The Morgan fingerprint density at radius 1 is 1.47 bits per heavy atom. The lowest BCUT2D eigenvalue weighted by Crippen LogP contribution is -2.43. The number of aromatic nitrogens is 1. The van der Waals surface area contributed by atoms with E-state index in [1.807, 2.05) is 0 Å². The van der Waals surface area contributed by atoms with Gasteiger partial charge in [-0.1, -0.05) is 0 Å². The number of likely N-dealkylation sites (N-methyl/N-ethyl adjacent to an activating group) is 1. The highest BCUT2D eigenvalue weighted by molar-refractivity contribution is 5.96. The Balaban J connectivity index is 2.72. The second kappa shape index (κ2) is 5.80. The first-order valence-electron chi connectivity index (χ1n) is 5.03. The molecule has 0 bridgehead atoms. The quantitative estimate of drug-likeness (QED) is 0.406. The summed E-state index contributed by atoms with van der Waals surface area (Å²) >= 11 is 0. The van der Waals surface area contributed by atoms with Crippen LogP contribution in [0.25, 0.3) is 0 Å². The largest absolute Gasteiger partial charge is 0.357 e. The molecule has 0 radical (unpaired) electrons. The van der Waals surface area contributed by atoms with Crippen molar-refractivity contribution in [3.63, 3.8) is 0 Å². The minimum atomic E-state index is -0.621. The number of nitrogens with zero attached hydrogens (tertiary/aromatic N) is 1. The van der Waals surface area contributed by atoms with Gasteiger partial charge in [-0.15, -0.1) is 0 Å². The molecule has 0 saturated carbocycles. The molecule has 0 aliphatic carbocycles. The van der Waals surface area contributed by atoms with Crippen molar-refractivity contribution in [3.8, 4) is 0 Å². The van der Waals surface area contributed by atoms with E-state index in [4.69, 9.17) is 5.84 Å². The van der Waals surface area contributed by atoms with E-state index in [9.17, 15) is 9.59 Å². The summed E-state index contributed by atoms with van der Waals surface area (Å²) in [4.78, 5) is 26.8. The number of pyridine rings is 1. The Labute approximate surface area is 98.8 Å². The number of rotatable bonds is 4. The van der Waals surface area contributed by atoms with Gasteiger partial charge in [0.15, 0.2) is 0 Å². The number of hydrogen-bond acceptors (Lipinski definition) is 5. The third-order valence-electron chi connectivity index (χ3n) is 2.15. The van der Waals surface area contributed by atoms with Gasteiger partial charge in [0.05, 0.1) is 5.69 Å². The Kier molecular flexibility index (Phi) is 4.41. The fraction of sp³-hybridized carbons (Fsp3) is 0.300. The second-order valence-electron chi connectivity index (χ2n) is 3.38. The predicted molar refractivity (Wildman–Crippen MR) is 63.0 cm³/mol.